The first-order valence-electron chi connectivity index (χ1n) is 16.6. The molecule has 56 heavy (non-hydrogen) atoms. The molecule has 4 aromatic carbocycles. The van der Waals surface area contributed by atoms with Gasteiger partial charge in [0.15, 0.2) is 0 Å². The van der Waals surface area contributed by atoms with Crippen molar-refractivity contribution in [1.82, 2.24) is 0 Å². The summed E-state index contributed by atoms with van der Waals surface area (Å²) in [4.78, 5) is 70.7. The van der Waals surface area contributed by atoms with E-state index in [1.807, 2.05) is 19.1 Å². The van der Waals surface area contributed by atoms with Crippen molar-refractivity contribution in [3.8, 4) is 34.1 Å². The summed E-state index contributed by atoms with van der Waals surface area (Å²) in [5.74, 6) is -1.77. The van der Waals surface area contributed by atoms with Crippen LogP contribution in [-0.2, 0) is 38.1 Å². The Labute approximate surface area is 319 Å². The molecule has 0 unspecified atom stereocenters. The minimum Gasteiger partial charge on any atom is -0.425 e. The molecule has 1 aliphatic rings. The number of esters is 4. The number of fused-ring (bicyclic) bond motifs is 3. The van der Waals surface area contributed by atoms with Gasteiger partial charge >= 0.3 is 36.2 Å². The third kappa shape index (κ3) is 11.1. The van der Waals surface area contributed by atoms with Gasteiger partial charge < -0.3 is 37.9 Å². The van der Waals surface area contributed by atoms with Crippen LogP contribution in [-0.4, -0.2) is 49.8 Å². The Morgan fingerprint density at radius 2 is 0.875 bits per heavy atom. The van der Waals surface area contributed by atoms with Crippen LogP contribution in [0.2, 0.25) is 0 Å². The second-order valence-electron chi connectivity index (χ2n) is 11.4. The van der Waals surface area contributed by atoms with E-state index >= 15 is 0 Å². The van der Waals surface area contributed by atoms with E-state index < -0.39 is 49.8 Å². The Morgan fingerprint density at radius 1 is 0.500 bits per heavy atom. The van der Waals surface area contributed by atoms with Crippen molar-refractivity contribution in [3.63, 3.8) is 0 Å². The summed E-state index contributed by atoms with van der Waals surface area (Å²) in [6.45, 7) is 7.20. The summed E-state index contributed by atoms with van der Waals surface area (Å²) in [6, 6.07) is 23.1. The maximum Gasteiger partial charge on any atom is 0.516 e. The van der Waals surface area contributed by atoms with Gasteiger partial charge in [-0.1, -0.05) is 56.5 Å². The highest BCUT2D eigenvalue weighted by molar-refractivity contribution is 5.90. The molecule has 0 atom stereocenters. The molecule has 0 aliphatic heterocycles. The van der Waals surface area contributed by atoms with Crippen molar-refractivity contribution in [2.45, 2.75) is 12.8 Å². The number of rotatable bonds is 14. The van der Waals surface area contributed by atoms with Crippen molar-refractivity contribution < 1.29 is 66.7 Å². The van der Waals surface area contributed by atoms with Crippen LogP contribution >= 0.6 is 0 Å². The number of benzene rings is 4. The first kappa shape index (κ1) is 39.5. The number of ether oxygens (including phenoxy) is 8. The standard InChI is InChI=1S/C42H32O14/c1-4-37(43)49-24-51-41(47)55-29-12-6-27(7-13-29)10-20-39(45)53-31-16-18-33-34-19-17-32(23-36(34)26(3)35(33)22-31)54-40(46)21-11-28-8-14-30(15-9-28)56-42(48)52-25-50-38(44)5-2/h4-23,26H,1-2,24-25H2,3H3. The lowest BCUT2D eigenvalue weighted by Crippen LogP contribution is -2.14. The summed E-state index contributed by atoms with van der Waals surface area (Å²) in [7, 11) is 0. The van der Waals surface area contributed by atoms with E-state index in [0.29, 0.717) is 22.6 Å². The molecular formula is C42H32O14. The van der Waals surface area contributed by atoms with Crippen LogP contribution in [0, 0.1) is 0 Å². The summed E-state index contributed by atoms with van der Waals surface area (Å²) < 4.78 is 39.4. The highest BCUT2D eigenvalue weighted by Gasteiger charge is 2.27. The number of hydrogen-bond acceptors (Lipinski definition) is 14. The normalized spacial score (nSPS) is 12.4. The zero-order valence-electron chi connectivity index (χ0n) is 29.7. The van der Waals surface area contributed by atoms with E-state index in [4.69, 9.17) is 18.9 Å². The molecule has 0 spiro atoms. The second kappa shape index (κ2) is 18.8. The van der Waals surface area contributed by atoms with Gasteiger partial charge in [-0.3, -0.25) is 0 Å². The summed E-state index contributed by atoms with van der Waals surface area (Å²) in [6.07, 6.45) is 5.30. The Balaban J connectivity index is 1.10. The Morgan fingerprint density at radius 3 is 1.25 bits per heavy atom. The lowest BCUT2D eigenvalue weighted by molar-refractivity contribution is -0.147. The van der Waals surface area contributed by atoms with Gasteiger partial charge in [0.2, 0.25) is 13.6 Å². The van der Waals surface area contributed by atoms with Crippen molar-refractivity contribution in [3.05, 3.63) is 145 Å². The molecule has 0 saturated carbocycles. The van der Waals surface area contributed by atoms with Gasteiger partial charge in [0.1, 0.15) is 23.0 Å². The van der Waals surface area contributed by atoms with Gasteiger partial charge in [-0.15, -0.1) is 0 Å². The van der Waals surface area contributed by atoms with E-state index in [1.165, 1.54) is 48.6 Å². The third-order valence-electron chi connectivity index (χ3n) is 7.78. The van der Waals surface area contributed by atoms with Crippen LogP contribution in [0.25, 0.3) is 23.3 Å². The van der Waals surface area contributed by atoms with E-state index in [9.17, 15) is 28.8 Å². The summed E-state index contributed by atoms with van der Waals surface area (Å²) in [5, 5.41) is 0. The first-order chi connectivity index (χ1) is 27.0. The molecule has 0 fully saturated rings. The fourth-order valence-electron chi connectivity index (χ4n) is 5.15. The molecule has 14 heteroatoms. The molecule has 0 heterocycles. The van der Waals surface area contributed by atoms with Gasteiger partial charge in [0.25, 0.3) is 0 Å². The minimum absolute atomic E-state index is 0.0938. The lowest BCUT2D eigenvalue weighted by atomic mass is 9.99. The van der Waals surface area contributed by atoms with Gasteiger partial charge in [-0.25, -0.2) is 28.8 Å². The molecule has 14 nitrogen and oxygen atoms in total. The molecule has 0 aromatic heterocycles. The van der Waals surface area contributed by atoms with E-state index in [2.05, 4.69) is 32.1 Å². The Bertz CT molecular complexity index is 2060. The van der Waals surface area contributed by atoms with Crippen LogP contribution in [0.15, 0.2) is 122 Å². The fraction of sp³-hybridized carbons (Fsp3) is 0.0952. The largest absolute Gasteiger partial charge is 0.516 e. The predicted molar refractivity (Wildman–Crippen MR) is 198 cm³/mol. The molecule has 1 aliphatic carbocycles. The zero-order chi connectivity index (χ0) is 40.0. The molecule has 0 saturated heterocycles. The molecule has 0 N–H and O–H groups in total. The topological polar surface area (TPSA) is 176 Å². The molecule has 4 aromatic rings. The van der Waals surface area contributed by atoms with Crippen molar-refractivity contribution in [2.24, 2.45) is 0 Å². The van der Waals surface area contributed by atoms with Crippen LogP contribution < -0.4 is 18.9 Å². The van der Waals surface area contributed by atoms with Crippen molar-refractivity contribution >= 4 is 48.3 Å². The van der Waals surface area contributed by atoms with Crippen LogP contribution in [0.5, 0.6) is 23.0 Å². The van der Waals surface area contributed by atoms with Crippen LogP contribution in [0.1, 0.15) is 35.1 Å². The summed E-state index contributed by atoms with van der Waals surface area (Å²) in [5.41, 5.74) is 5.04. The lowest BCUT2D eigenvalue weighted by Gasteiger charge is -2.09. The van der Waals surface area contributed by atoms with Gasteiger partial charge in [-0.2, -0.15) is 0 Å². The third-order valence-corrected chi connectivity index (χ3v) is 7.78. The number of carbonyl (C=O) groups excluding carboxylic acids is 6. The Hall–Kier alpha value is -7.74. The van der Waals surface area contributed by atoms with Gasteiger partial charge in [-0.05, 0) is 94.1 Å². The average molecular weight is 761 g/mol. The molecule has 0 amide bonds. The zero-order valence-corrected chi connectivity index (χ0v) is 29.7. The second-order valence-corrected chi connectivity index (χ2v) is 11.4. The maximum absolute atomic E-state index is 12.6. The van der Waals surface area contributed by atoms with Gasteiger partial charge in [0.05, 0.1) is 0 Å². The Kier molecular flexibility index (Phi) is 13.3. The molecular weight excluding hydrogens is 728 g/mol. The van der Waals surface area contributed by atoms with Gasteiger partial charge in [0, 0.05) is 30.2 Å². The summed E-state index contributed by atoms with van der Waals surface area (Å²) >= 11 is 0. The van der Waals surface area contributed by atoms with E-state index in [-0.39, 0.29) is 17.4 Å². The van der Waals surface area contributed by atoms with E-state index in [0.717, 1.165) is 34.4 Å². The molecule has 0 bridgehead atoms. The SMILES string of the molecule is C=CC(=O)OCOC(=O)Oc1ccc(C=CC(=O)Oc2ccc3c(c2)C(C)c2cc(OC(=O)C=Cc4ccc(OC(=O)OCOC(=O)C=C)cc4)ccc2-3)cc1. The molecule has 0 radical (unpaired) electrons. The molecule has 5 rings (SSSR count). The number of hydrogen-bond donors (Lipinski definition) is 0. The predicted octanol–water partition coefficient (Wildman–Crippen LogP) is 7.46. The fourth-order valence-corrected chi connectivity index (χ4v) is 5.15. The highest BCUT2D eigenvalue weighted by Crippen LogP contribution is 2.47. The monoisotopic (exact) mass is 760 g/mol. The van der Waals surface area contributed by atoms with Crippen molar-refractivity contribution in [1.29, 1.82) is 0 Å². The molecule has 284 valence electrons. The minimum atomic E-state index is -1.07. The number of carbonyl (C=O) groups is 6. The van der Waals surface area contributed by atoms with E-state index in [1.54, 1.807) is 48.5 Å². The smallest absolute Gasteiger partial charge is 0.425 e. The first-order valence-corrected chi connectivity index (χ1v) is 16.6. The average Bonchev–Trinajstić information content (AvgIpc) is 3.46. The quantitative estimate of drug-likeness (QED) is 0.0407. The highest BCUT2D eigenvalue weighted by atomic mass is 16.8. The van der Waals surface area contributed by atoms with Crippen LogP contribution in [0.3, 0.4) is 0 Å². The van der Waals surface area contributed by atoms with Crippen molar-refractivity contribution in [2.75, 3.05) is 13.6 Å². The maximum atomic E-state index is 12.6. The van der Waals surface area contributed by atoms with Crippen LogP contribution in [0.4, 0.5) is 9.59 Å².